The van der Waals surface area contributed by atoms with E-state index in [1.165, 1.54) is 19.2 Å². The number of morpholine rings is 1. The minimum atomic E-state index is -4.03. The Balaban J connectivity index is 1.49. The molecule has 0 amide bonds. The van der Waals surface area contributed by atoms with Crippen LogP contribution in [0, 0.1) is 0 Å². The summed E-state index contributed by atoms with van der Waals surface area (Å²) in [6.07, 6.45) is 0. The van der Waals surface area contributed by atoms with Crippen molar-refractivity contribution in [2.24, 2.45) is 0 Å². The van der Waals surface area contributed by atoms with Gasteiger partial charge in [-0.25, -0.2) is 13.2 Å². The Hall–Kier alpha value is -3.79. The number of carbonyl (C=O) groups is 2. The van der Waals surface area contributed by atoms with E-state index < -0.39 is 21.8 Å². The monoisotopic (exact) mass is 518 g/mol. The predicted octanol–water partition coefficient (Wildman–Crippen LogP) is 3.56. The lowest BCUT2D eigenvalue weighted by Crippen LogP contribution is -2.36. The van der Waals surface area contributed by atoms with E-state index in [0.29, 0.717) is 18.8 Å². The highest BCUT2D eigenvalue weighted by molar-refractivity contribution is 7.89. The third-order valence-electron chi connectivity index (χ3n) is 6.45. The molecule has 3 aromatic rings. The molecule has 1 fully saturated rings. The van der Waals surface area contributed by atoms with Crippen LogP contribution in [0.25, 0.3) is 5.76 Å². The van der Waals surface area contributed by atoms with Crippen LogP contribution in [0.2, 0.25) is 0 Å². The fraction of sp³-hybridized carbons (Fsp3) is 0.214. The molecule has 0 atom stereocenters. The number of benzene rings is 3. The molecule has 1 saturated heterocycles. The number of sulfonamides is 1. The first-order valence-corrected chi connectivity index (χ1v) is 13.3. The molecular formula is C28H26N2O6S. The Morgan fingerprint density at radius 3 is 2.22 bits per heavy atom. The molecule has 190 valence electrons. The van der Waals surface area contributed by atoms with Crippen molar-refractivity contribution in [1.82, 2.24) is 9.21 Å². The molecule has 0 radical (unpaired) electrons. The van der Waals surface area contributed by atoms with Gasteiger partial charge in [-0.2, -0.15) is 0 Å². The fourth-order valence-corrected chi connectivity index (χ4v) is 5.80. The van der Waals surface area contributed by atoms with E-state index in [2.05, 4.69) is 4.90 Å². The van der Waals surface area contributed by atoms with Gasteiger partial charge in [0.15, 0.2) is 5.76 Å². The molecular weight excluding hydrogens is 492 g/mol. The topological polar surface area (TPSA) is 93.2 Å². The molecule has 0 saturated carbocycles. The summed E-state index contributed by atoms with van der Waals surface area (Å²) in [6.45, 7) is 3.86. The number of hydrogen-bond acceptors (Lipinski definition) is 7. The summed E-state index contributed by atoms with van der Waals surface area (Å²) in [5, 5.41) is 0. The molecule has 0 aromatic heterocycles. The lowest BCUT2D eigenvalue weighted by molar-refractivity contribution is 0.0342. The number of allylic oxidation sites excluding steroid dienone is 1. The van der Waals surface area contributed by atoms with Gasteiger partial charge in [0, 0.05) is 37.8 Å². The number of rotatable bonds is 6. The van der Waals surface area contributed by atoms with Crippen molar-refractivity contribution in [1.29, 1.82) is 0 Å². The van der Waals surface area contributed by atoms with Crippen molar-refractivity contribution >= 4 is 27.5 Å². The van der Waals surface area contributed by atoms with E-state index in [4.69, 9.17) is 9.47 Å². The molecule has 2 aliphatic heterocycles. The fourth-order valence-electron chi connectivity index (χ4n) is 4.41. The standard InChI is InChI=1S/C28H26N2O6S/c1-29-25(26(31)21-7-3-2-4-8-21)27(23-9-5-6-10-24(23)37(29,33)34)36-28(32)22-13-11-20(12-14-22)19-30-15-17-35-18-16-30/h2-14H,15-19H2,1H3. The minimum absolute atomic E-state index is 0.0363. The number of likely N-dealkylation sites (N-methyl/N-ethyl adjacent to an activating group) is 1. The van der Waals surface area contributed by atoms with Crippen molar-refractivity contribution in [2.45, 2.75) is 11.4 Å². The van der Waals surface area contributed by atoms with Gasteiger partial charge in [-0.15, -0.1) is 0 Å². The van der Waals surface area contributed by atoms with Crippen molar-refractivity contribution in [2.75, 3.05) is 33.4 Å². The molecule has 37 heavy (non-hydrogen) atoms. The van der Waals surface area contributed by atoms with Gasteiger partial charge < -0.3 is 9.47 Å². The first-order valence-electron chi connectivity index (χ1n) is 11.9. The van der Waals surface area contributed by atoms with E-state index >= 15 is 0 Å². The molecule has 9 heteroatoms. The third-order valence-corrected chi connectivity index (χ3v) is 8.26. The third kappa shape index (κ3) is 4.93. The van der Waals surface area contributed by atoms with Crippen LogP contribution in [-0.4, -0.2) is 62.7 Å². The highest BCUT2D eigenvalue weighted by atomic mass is 32.2. The quantitative estimate of drug-likeness (QED) is 0.364. The van der Waals surface area contributed by atoms with Gasteiger partial charge in [0.1, 0.15) is 5.70 Å². The zero-order chi connectivity index (χ0) is 26.0. The first kappa shape index (κ1) is 24.9. The van der Waals surface area contributed by atoms with Gasteiger partial charge in [-0.3, -0.25) is 14.0 Å². The number of ketones is 1. The van der Waals surface area contributed by atoms with Crippen molar-refractivity contribution in [3.05, 3.63) is 107 Å². The summed E-state index contributed by atoms with van der Waals surface area (Å²) in [6, 6.07) is 21.6. The lowest BCUT2D eigenvalue weighted by atomic mass is 10.0. The second-order valence-electron chi connectivity index (χ2n) is 8.82. The van der Waals surface area contributed by atoms with E-state index in [-0.39, 0.29) is 27.5 Å². The normalized spacial score (nSPS) is 17.3. The molecule has 5 rings (SSSR count). The molecule has 0 bridgehead atoms. The van der Waals surface area contributed by atoms with Gasteiger partial charge in [-0.1, -0.05) is 54.6 Å². The second kappa shape index (κ2) is 10.3. The number of ether oxygens (including phenoxy) is 2. The summed E-state index contributed by atoms with van der Waals surface area (Å²) in [5.74, 6) is -1.34. The molecule has 2 aliphatic rings. The van der Waals surface area contributed by atoms with Crippen molar-refractivity contribution in [3.8, 4) is 0 Å². The molecule has 8 nitrogen and oxygen atoms in total. The maximum absolute atomic E-state index is 13.5. The Morgan fingerprint density at radius 2 is 1.51 bits per heavy atom. The number of nitrogens with zero attached hydrogens (tertiary/aromatic N) is 2. The van der Waals surface area contributed by atoms with E-state index in [0.717, 1.165) is 29.5 Å². The number of hydrogen-bond donors (Lipinski definition) is 0. The predicted molar refractivity (Wildman–Crippen MR) is 137 cm³/mol. The number of Topliss-reactive ketones (excluding diaryl/α,β-unsaturated/α-hetero) is 1. The van der Waals surface area contributed by atoms with Crippen LogP contribution in [0.4, 0.5) is 0 Å². The van der Waals surface area contributed by atoms with Gasteiger partial charge in [0.2, 0.25) is 5.78 Å². The Labute approximate surface area is 215 Å². The van der Waals surface area contributed by atoms with Crippen LogP contribution in [0.3, 0.4) is 0 Å². The largest absolute Gasteiger partial charge is 0.420 e. The molecule has 0 aliphatic carbocycles. The smallest absolute Gasteiger partial charge is 0.343 e. The average Bonchev–Trinajstić information content (AvgIpc) is 2.93. The first-order chi connectivity index (χ1) is 17.9. The minimum Gasteiger partial charge on any atom is -0.420 e. The Kier molecular flexibility index (Phi) is 6.92. The number of esters is 1. The number of carbonyl (C=O) groups excluding carboxylic acids is 2. The van der Waals surface area contributed by atoms with Crippen LogP contribution in [-0.2, 0) is 26.0 Å². The van der Waals surface area contributed by atoms with E-state index in [1.807, 2.05) is 12.1 Å². The zero-order valence-electron chi connectivity index (χ0n) is 20.3. The summed E-state index contributed by atoms with van der Waals surface area (Å²) in [7, 11) is -2.74. The van der Waals surface area contributed by atoms with Crippen LogP contribution in [0.5, 0.6) is 0 Å². The lowest BCUT2D eigenvalue weighted by Gasteiger charge is -2.30. The van der Waals surface area contributed by atoms with Crippen molar-refractivity contribution < 1.29 is 27.5 Å². The summed E-state index contributed by atoms with van der Waals surface area (Å²) >= 11 is 0. The zero-order valence-corrected chi connectivity index (χ0v) is 21.1. The van der Waals surface area contributed by atoms with Crippen LogP contribution in [0.1, 0.15) is 31.8 Å². The van der Waals surface area contributed by atoms with Crippen LogP contribution in [0.15, 0.2) is 89.5 Å². The Morgan fingerprint density at radius 1 is 0.865 bits per heavy atom. The average molecular weight is 519 g/mol. The summed E-state index contributed by atoms with van der Waals surface area (Å²) in [4.78, 5) is 29.0. The van der Waals surface area contributed by atoms with Gasteiger partial charge in [0.25, 0.3) is 10.0 Å². The van der Waals surface area contributed by atoms with Crippen molar-refractivity contribution in [3.63, 3.8) is 0 Å². The maximum atomic E-state index is 13.5. The highest BCUT2D eigenvalue weighted by Gasteiger charge is 2.39. The van der Waals surface area contributed by atoms with Gasteiger partial charge in [0.05, 0.1) is 23.7 Å². The molecule has 0 spiro atoms. The SMILES string of the molecule is CN1C(C(=O)c2ccccc2)=C(OC(=O)c2ccc(CN3CCOCC3)cc2)c2ccccc2S1(=O)=O. The Bertz CT molecular complexity index is 1460. The molecule has 2 heterocycles. The number of fused-ring (bicyclic) bond motifs is 1. The van der Waals surface area contributed by atoms with Gasteiger partial charge in [-0.05, 0) is 29.8 Å². The molecule has 0 unspecified atom stereocenters. The van der Waals surface area contributed by atoms with Crippen LogP contribution < -0.4 is 0 Å². The van der Waals surface area contributed by atoms with E-state index in [1.54, 1.807) is 54.6 Å². The highest BCUT2D eigenvalue weighted by Crippen LogP contribution is 2.38. The molecule has 3 aromatic carbocycles. The summed E-state index contributed by atoms with van der Waals surface area (Å²) in [5.41, 5.74) is 1.56. The van der Waals surface area contributed by atoms with Crippen LogP contribution >= 0.6 is 0 Å². The van der Waals surface area contributed by atoms with Gasteiger partial charge >= 0.3 is 5.97 Å². The molecule has 0 N–H and O–H groups in total. The second-order valence-corrected chi connectivity index (χ2v) is 10.8. The maximum Gasteiger partial charge on any atom is 0.343 e. The van der Waals surface area contributed by atoms with E-state index in [9.17, 15) is 18.0 Å². The summed E-state index contributed by atoms with van der Waals surface area (Å²) < 4.78 is 38.6.